The molecule has 25 heavy (non-hydrogen) atoms. The number of hydrogen-bond acceptors (Lipinski definition) is 4. The predicted octanol–water partition coefficient (Wildman–Crippen LogP) is 1.65. The van der Waals surface area contributed by atoms with Crippen LogP contribution in [0.3, 0.4) is 0 Å². The molecule has 0 aliphatic heterocycles. The molecular formula is C17H26N2O5S. The molecule has 8 heteroatoms. The van der Waals surface area contributed by atoms with Crippen LogP contribution in [-0.2, 0) is 19.6 Å². The number of hydrogen-bond donors (Lipinski definition) is 3. The van der Waals surface area contributed by atoms with E-state index in [0.29, 0.717) is 30.5 Å². The Morgan fingerprint density at radius 2 is 1.60 bits per heavy atom. The zero-order valence-corrected chi connectivity index (χ0v) is 15.7. The van der Waals surface area contributed by atoms with Crippen LogP contribution >= 0.6 is 0 Å². The van der Waals surface area contributed by atoms with Crippen LogP contribution in [0.1, 0.15) is 42.4 Å². The molecule has 0 fully saturated rings. The highest BCUT2D eigenvalue weighted by Crippen LogP contribution is 2.21. The Morgan fingerprint density at radius 1 is 1.00 bits per heavy atom. The quantitative estimate of drug-likeness (QED) is 0.542. The van der Waals surface area contributed by atoms with E-state index in [9.17, 15) is 18.0 Å². The van der Waals surface area contributed by atoms with E-state index >= 15 is 0 Å². The molecule has 0 aromatic heterocycles. The second kappa shape index (κ2) is 9.53. The molecule has 0 spiro atoms. The minimum atomic E-state index is -3.67. The highest BCUT2D eigenvalue weighted by Gasteiger charge is 2.19. The Kier molecular flexibility index (Phi) is 8.05. The zero-order chi connectivity index (χ0) is 19.0. The van der Waals surface area contributed by atoms with Crippen molar-refractivity contribution in [2.24, 2.45) is 0 Å². The molecule has 1 aromatic rings. The van der Waals surface area contributed by atoms with Gasteiger partial charge in [-0.3, -0.25) is 9.59 Å². The molecule has 0 radical (unpaired) electrons. The number of nitrogens with one attached hydrogen (secondary N) is 2. The fourth-order valence-electron chi connectivity index (χ4n) is 2.68. The van der Waals surface area contributed by atoms with E-state index in [4.69, 9.17) is 5.11 Å². The molecule has 0 aliphatic rings. The van der Waals surface area contributed by atoms with Gasteiger partial charge in [-0.25, -0.2) is 13.1 Å². The molecule has 3 N–H and O–H groups in total. The minimum absolute atomic E-state index is 0.00997. The van der Waals surface area contributed by atoms with Gasteiger partial charge in [-0.1, -0.05) is 17.7 Å². The van der Waals surface area contributed by atoms with Crippen molar-refractivity contribution in [2.45, 2.75) is 51.3 Å². The number of carbonyl (C=O) groups is 2. The van der Waals surface area contributed by atoms with Gasteiger partial charge in [0.15, 0.2) is 0 Å². The Hall–Kier alpha value is -1.93. The summed E-state index contributed by atoms with van der Waals surface area (Å²) in [7, 11) is -3.67. The third-order valence-electron chi connectivity index (χ3n) is 3.66. The van der Waals surface area contributed by atoms with Crippen LogP contribution in [0, 0.1) is 20.8 Å². The number of carboxylic acid groups (broad SMARTS) is 1. The Labute approximate surface area is 148 Å². The van der Waals surface area contributed by atoms with Crippen LogP contribution in [0.2, 0.25) is 0 Å². The molecule has 7 nitrogen and oxygen atoms in total. The van der Waals surface area contributed by atoms with E-state index in [0.717, 1.165) is 5.56 Å². The first kappa shape index (κ1) is 21.1. The van der Waals surface area contributed by atoms with Crippen molar-refractivity contribution in [3.05, 3.63) is 28.8 Å². The third-order valence-corrected chi connectivity index (χ3v) is 5.42. The highest BCUT2D eigenvalue weighted by molar-refractivity contribution is 7.89. The van der Waals surface area contributed by atoms with Gasteiger partial charge in [0.25, 0.3) is 0 Å². The lowest BCUT2D eigenvalue weighted by Gasteiger charge is -2.13. The van der Waals surface area contributed by atoms with Crippen molar-refractivity contribution in [2.75, 3.05) is 13.1 Å². The summed E-state index contributed by atoms with van der Waals surface area (Å²) in [6.45, 7) is 5.80. The smallest absolute Gasteiger partial charge is 0.303 e. The standard InChI is InChI=1S/C17H26N2O5S/c1-12-10-13(2)17(14(3)11-12)25(23,24)19-9-7-15(20)18-8-5-4-6-16(21)22/h10-11,19H,4-9H2,1-3H3,(H,18,20)(H,21,22). The van der Waals surface area contributed by atoms with Gasteiger partial charge in [0.2, 0.25) is 15.9 Å². The van der Waals surface area contributed by atoms with Crippen molar-refractivity contribution < 1.29 is 23.1 Å². The number of carbonyl (C=O) groups excluding carboxylic acids is 1. The van der Waals surface area contributed by atoms with Gasteiger partial charge in [0.05, 0.1) is 4.90 Å². The molecule has 0 atom stereocenters. The molecule has 1 amide bonds. The van der Waals surface area contributed by atoms with E-state index in [1.165, 1.54) is 0 Å². The number of carboxylic acids is 1. The maximum absolute atomic E-state index is 12.4. The van der Waals surface area contributed by atoms with Crippen molar-refractivity contribution >= 4 is 21.9 Å². The molecule has 140 valence electrons. The Balaban J connectivity index is 2.45. The maximum Gasteiger partial charge on any atom is 0.303 e. The fraction of sp³-hybridized carbons (Fsp3) is 0.529. The van der Waals surface area contributed by atoms with Crippen LogP contribution in [0.25, 0.3) is 0 Å². The topological polar surface area (TPSA) is 113 Å². The molecule has 0 saturated carbocycles. The fourth-order valence-corrected chi connectivity index (χ4v) is 4.16. The Bertz CT molecular complexity index is 706. The second-order valence-electron chi connectivity index (χ2n) is 6.08. The van der Waals surface area contributed by atoms with Crippen LogP contribution < -0.4 is 10.0 Å². The number of amides is 1. The maximum atomic E-state index is 12.4. The number of aryl methyl sites for hydroxylation is 3. The SMILES string of the molecule is Cc1cc(C)c(S(=O)(=O)NCCC(=O)NCCCCC(=O)O)c(C)c1. The molecule has 1 rings (SSSR count). The van der Waals surface area contributed by atoms with E-state index in [1.807, 2.05) is 19.1 Å². The van der Waals surface area contributed by atoms with Crippen LogP contribution in [0.4, 0.5) is 0 Å². The number of benzene rings is 1. The summed E-state index contributed by atoms with van der Waals surface area (Å²) in [6, 6.07) is 3.62. The number of unbranched alkanes of at least 4 members (excludes halogenated alkanes) is 1. The number of rotatable bonds is 10. The van der Waals surface area contributed by atoms with Crippen LogP contribution in [-0.4, -0.2) is 38.5 Å². The Morgan fingerprint density at radius 3 is 2.16 bits per heavy atom. The molecule has 0 heterocycles. The van der Waals surface area contributed by atoms with E-state index in [-0.39, 0.29) is 30.2 Å². The second-order valence-corrected chi connectivity index (χ2v) is 7.78. The van der Waals surface area contributed by atoms with Crippen LogP contribution in [0.15, 0.2) is 17.0 Å². The summed E-state index contributed by atoms with van der Waals surface area (Å²) < 4.78 is 27.3. The van der Waals surface area contributed by atoms with Gasteiger partial charge in [-0.15, -0.1) is 0 Å². The lowest BCUT2D eigenvalue weighted by atomic mass is 10.1. The monoisotopic (exact) mass is 370 g/mol. The first-order valence-electron chi connectivity index (χ1n) is 8.19. The highest BCUT2D eigenvalue weighted by atomic mass is 32.2. The minimum Gasteiger partial charge on any atom is -0.481 e. The first-order chi connectivity index (χ1) is 11.6. The summed E-state index contributed by atoms with van der Waals surface area (Å²) in [5, 5.41) is 11.2. The largest absolute Gasteiger partial charge is 0.481 e. The summed E-state index contributed by atoms with van der Waals surface area (Å²) in [5.74, 6) is -1.13. The number of aliphatic carboxylic acids is 1. The molecule has 0 saturated heterocycles. The lowest BCUT2D eigenvalue weighted by Crippen LogP contribution is -2.31. The van der Waals surface area contributed by atoms with Crippen molar-refractivity contribution in [1.29, 1.82) is 0 Å². The number of sulfonamides is 1. The van der Waals surface area contributed by atoms with Gasteiger partial charge in [0, 0.05) is 25.9 Å². The average Bonchev–Trinajstić information content (AvgIpc) is 2.44. The first-order valence-corrected chi connectivity index (χ1v) is 9.68. The van der Waals surface area contributed by atoms with Crippen molar-refractivity contribution in [3.63, 3.8) is 0 Å². The summed E-state index contributed by atoms with van der Waals surface area (Å²) in [6.07, 6.45) is 1.17. The van der Waals surface area contributed by atoms with Gasteiger partial charge in [0.1, 0.15) is 0 Å². The zero-order valence-electron chi connectivity index (χ0n) is 14.9. The van der Waals surface area contributed by atoms with Crippen molar-refractivity contribution in [1.82, 2.24) is 10.0 Å². The van der Waals surface area contributed by atoms with Gasteiger partial charge >= 0.3 is 5.97 Å². The van der Waals surface area contributed by atoms with Gasteiger partial charge in [-0.05, 0) is 44.7 Å². The molecule has 1 aromatic carbocycles. The average molecular weight is 370 g/mol. The predicted molar refractivity (Wildman–Crippen MR) is 95.0 cm³/mol. The summed E-state index contributed by atoms with van der Waals surface area (Å²) in [4.78, 5) is 22.3. The summed E-state index contributed by atoms with van der Waals surface area (Å²) in [5.41, 5.74) is 2.34. The van der Waals surface area contributed by atoms with Gasteiger partial charge < -0.3 is 10.4 Å². The molecule has 0 unspecified atom stereocenters. The molecule has 0 aliphatic carbocycles. The van der Waals surface area contributed by atoms with Crippen LogP contribution in [0.5, 0.6) is 0 Å². The molecule has 0 bridgehead atoms. The van der Waals surface area contributed by atoms with Crippen molar-refractivity contribution in [3.8, 4) is 0 Å². The molecular weight excluding hydrogens is 344 g/mol. The third kappa shape index (κ3) is 7.23. The van der Waals surface area contributed by atoms with E-state index in [2.05, 4.69) is 10.0 Å². The van der Waals surface area contributed by atoms with E-state index < -0.39 is 16.0 Å². The lowest BCUT2D eigenvalue weighted by molar-refractivity contribution is -0.137. The van der Waals surface area contributed by atoms with E-state index in [1.54, 1.807) is 13.8 Å². The normalized spacial score (nSPS) is 11.3. The van der Waals surface area contributed by atoms with Gasteiger partial charge in [-0.2, -0.15) is 0 Å². The summed E-state index contributed by atoms with van der Waals surface area (Å²) >= 11 is 0.